The molecule has 0 bridgehead atoms. The van der Waals surface area contributed by atoms with Gasteiger partial charge in [0.15, 0.2) is 0 Å². The number of nitrogens with one attached hydrogen (secondary N) is 1. The summed E-state index contributed by atoms with van der Waals surface area (Å²) in [5, 5.41) is 0.341. The Hall–Kier alpha value is -1.85. The van der Waals surface area contributed by atoms with Gasteiger partial charge < -0.3 is 14.4 Å². The zero-order valence-electron chi connectivity index (χ0n) is 17.5. The molecule has 0 atom stereocenters. The quantitative estimate of drug-likeness (QED) is 0.530. The Balaban J connectivity index is 1.62. The van der Waals surface area contributed by atoms with Crippen LogP contribution in [0, 0.1) is 5.82 Å². The van der Waals surface area contributed by atoms with Gasteiger partial charge >= 0.3 is 0 Å². The van der Waals surface area contributed by atoms with E-state index in [2.05, 4.69) is 4.72 Å². The highest BCUT2D eigenvalue weighted by atomic mass is 35.5. The molecule has 1 aliphatic heterocycles. The lowest BCUT2D eigenvalue weighted by Gasteiger charge is -2.27. The van der Waals surface area contributed by atoms with Gasteiger partial charge in [-0.2, -0.15) is 11.8 Å². The largest absolute Gasteiger partial charge is 0.496 e. The highest BCUT2D eigenvalue weighted by molar-refractivity contribution is 7.98. The summed E-state index contributed by atoms with van der Waals surface area (Å²) in [5.41, 5.74) is 0.573. The number of hydrogen-bond donors (Lipinski definition) is 1. The first-order chi connectivity index (χ1) is 15.3. The second kappa shape index (κ2) is 11.3. The molecule has 2 aromatic carbocycles. The van der Waals surface area contributed by atoms with Crippen molar-refractivity contribution in [3.05, 3.63) is 58.4 Å². The summed E-state index contributed by atoms with van der Waals surface area (Å²) in [4.78, 5) is 14.5. The van der Waals surface area contributed by atoms with Gasteiger partial charge in [-0.3, -0.25) is 4.79 Å². The molecule has 0 saturated carbocycles. The Morgan fingerprint density at radius 3 is 2.72 bits per heavy atom. The highest BCUT2D eigenvalue weighted by Crippen LogP contribution is 2.25. The summed E-state index contributed by atoms with van der Waals surface area (Å²) in [6.45, 7) is 1.87. The van der Waals surface area contributed by atoms with Crippen molar-refractivity contribution in [2.24, 2.45) is 0 Å². The maximum atomic E-state index is 13.8. The number of carbonyl (C=O) groups is 1. The molecule has 7 nitrogen and oxygen atoms in total. The lowest BCUT2D eigenvalue weighted by Crippen LogP contribution is -2.40. The SMILES string of the molecule is COc1ccc(S(=O)(=O)NCCSCc2c(F)cccc2Cl)cc1C(=O)N1CCOCC1. The summed E-state index contributed by atoms with van der Waals surface area (Å²) in [6, 6.07) is 8.67. The van der Waals surface area contributed by atoms with Crippen molar-refractivity contribution < 1.29 is 27.1 Å². The first-order valence-corrected chi connectivity index (χ1v) is 12.9. The van der Waals surface area contributed by atoms with Crippen molar-refractivity contribution >= 4 is 39.3 Å². The zero-order valence-corrected chi connectivity index (χ0v) is 19.9. The van der Waals surface area contributed by atoms with E-state index in [1.165, 1.54) is 49.2 Å². The van der Waals surface area contributed by atoms with E-state index in [-0.39, 0.29) is 28.7 Å². The number of methoxy groups -OCH3 is 1. The van der Waals surface area contributed by atoms with E-state index in [0.717, 1.165) is 0 Å². The molecular formula is C21H24ClFN2O5S2. The van der Waals surface area contributed by atoms with E-state index in [1.807, 2.05) is 0 Å². The van der Waals surface area contributed by atoms with Crippen molar-refractivity contribution in [1.29, 1.82) is 0 Å². The van der Waals surface area contributed by atoms with Gasteiger partial charge in [-0.05, 0) is 30.3 Å². The Morgan fingerprint density at radius 2 is 2.03 bits per heavy atom. The third-order valence-corrected chi connectivity index (χ3v) is 7.65. The van der Waals surface area contributed by atoms with E-state index in [4.69, 9.17) is 21.1 Å². The number of rotatable bonds is 9. The Labute approximate surface area is 196 Å². The van der Waals surface area contributed by atoms with Crippen molar-refractivity contribution in [2.45, 2.75) is 10.6 Å². The van der Waals surface area contributed by atoms with Crippen LogP contribution in [-0.2, 0) is 20.5 Å². The number of benzene rings is 2. The summed E-state index contributed by atoms with van der Waals surface area (Å²) in [5.74, 6) is 0.353. The number of morpholine rings is 1. The van der Waals surface area contributed by atoms with E-state index in [1.54, 1.807) is 11.0 Å². The summed E-state index contributed by atoms with van der Waals surface area (Å²) in [7, 11) is -2.42. The molecule has 3 rings (SSSR count). The minimum Gasteiger partial charge on any atom is -0.496 e. The topological polar surface area (TPSA) is 84.9 Å². The third-order valence-electron chi connectivity index (χ3n) is 4.86. The van der Waals surface area contributed by atoms with E-state index >= 15 is 0 Å². The monoisotopic (exact) mass is 502 g/mol. The third kappa shape index (κ3) is 6.14. The molecule has 1 amide bonds. The standard InChI is InChI=1S/C21H24ClFN2O5S2/c1-29-20-6-5-15(13-16(20)21(26)25-8-10-30-11-9-25)32(27,28)24-7-12-31-14-17-18(22)3-2-4-19(17)23/h2-6,13,24H,7-12,14H2,1H3. The highest BCUT2D eigenvalue weighted by Gasteiger charge is 2.24. The number of hydrogen-bond acceptors (Lipinski definition) is 6. The smallest absolute Gasteiger partial charge is 0.257 e. The van der Waals surface area contributed by atoms with Crippen LogP contribution < -0.4 is 9.46 Å². The van der Waals surface area contributed by atoms with Gasteiger partial charge in [-0.25, -0.2) is 17.5 Å². The molecule has 1 saturated heterocycles. The van der Waals surface area contributed by atoms with Crippen molar-refractivity contribution in [3.8, 4) is 5.75 Å². The van der Waals surface area contributed by atoms with Crippen molar-refractivity contribution in [1.82, 2.24) is 9.62 Å². The second-order valence-electron chi connectivity index (χ2n) is 6.92. The number of amides is 1. The molecule has 1 heterocycles. The molecule has 2 aromatic rings. The molecular weight excluding hydrogens is 479 g/mol. The fourth-order valence-electron chi connectivity index (χ4n) is 3.13. The van der Waals surface area contributed by atoms with Crippen LogP contribution in [0.4, 0.5) is 4.39 Å². The van der Waals surface area contributed by atoms with Crippen LogP contribution in [0.2, 0.25) is 5.02 Å². The van der Waals surface area contributed by atoms with Crippen LogP contribution >= 0.6 is 23.4 Å². The number of thioether (sulfide) groups is 1. The van der Waals surface area contributed by atoms with Crippen LogP contribution in [0.15, 0.2) is 41.3 Å². The van der Waals surface area contributed by atoms with E-state index in [9.17, 15) is 17.6 Å². The molecule has 32 heavy (non-hydrogen) atoms. The molecule has 0 spiro atoms. The number of carbonyl (C=O) groups excluding carboxylic acids is 1. The molecule has 1 aliphatic rings. The molecule has 0 aliphatic carbocycles. The molecule has 1 fully saturated rings. The number of ether oxygens (including phenoxy) is 2. The van der Waals surface area contributed by atoms with Crippen LogP contribution in [0.5, 0.6) is 5.75 Å². The average molecular weight is 503 g/mol. The molecule has 1 N–H and O–H groups in total. The maximum Gasteiger partial charge on any atom is 0.257 e. The van der Waals surface area contributed by atoms with Crippen LogP contribution in [-0.4, -0.2) is 64.9 Å². The lowest BCUT2D eigenvalue weighted by molar-refractivity contribution is 0.0300. The van der Waals surface area contributed by atoms with Gasteiger partial charge in [-0.1, -0.05) is 17.7 Å². The minimum atomic E-state index is -3.85. The number of nitrogens with zero attached hydrogens (tertiary/aromatic N) is 1. The number of halogens is 2. The van der Waals surface area contributed by atoms with Crippen molar-refractivity contribution in [3.63, 3.8) is 0 Å². The maximum absolute atomic E-state index is 13.8. The zero-order chi connectivity index (χ0) is 23.1. The van der Waals surface area contributed by atoms with Crippen LogP contribution in [0.3, 0.4) is 0 Å². The Bertz CT molecular complexity index is 1040. The lowest BCUT2D eigenvalue weighted by atomic mass is 10.1. The summed E-state index contributed by atoms with van der Waals surface area (Å²) < 4.78 is 52.3. The fourth-order valence-corrected chi connectivity index (χ4v) is 5.52. The Morgan fingerprint density at radius 1 is 1.28 bits per heavy atom. The van der Waals surface area contributed by atoms with Gasteiger partial charge in [0.1, 0.15) is 11.6 Å². The Kier molecular flexibility index (Phi) is 8.78. The number of sulfonamides is 1. The average Bonchev–Trinajstić information content (AvgIpc) is 2.80. The molecule has 0 unspecified atom stereocenters. The van der Waals surface area contributed by atoms with Crippen LogP contribution in [0.1, 0.15) is 15.9 Å². The second-order valence-corrected chi connectivity index (χ2v) is 10.2. The van der Waals surface area contributed by atoms with E-state index in [0.29, 0.717) is 54.1 Å². The van der Waals surface area contributed by atoms with Gasteiger partial charge in [0, 0.05) is 41.7 Å². The van der Waals surface area contributed by atoms with Crippen molar-refractivity contribution in [2.75, 3.05) is 45.7 Å². The van der Waals surface area contributed by atoms with Gasteiger partial charge in [0.05, 0.1) is 30.8 Å². The van der Waals surface area contributed by atoms with Gasteiger partial charge in [0.2, 0.25) is 10.0 Å². The molecule has 0 radical (unpaired) electrons. The summed E-state index contributed by atoms with van der Waals surface area (Å²) >= 11 is 7.36. The normalized spacial score (nSPS) is 14.4. The van der Waals surface area contributed by atoms with E-state index < -0.39 is 10.0 Å². The molecule has 0 aromatic heterocycles. The fraction of sp³-hybridized carbons (Fsp3) is 0.381. The molecule has 174 valence electrons. The predicted molar refractivity (Wildman–Crippen MR) is 122 cm³/mol. The van der Waals surface area contributed by atoms with Gasteiger partial charge in [-0.15, -0.1) is 0 Å². The first kappa shape index (κ1) is 24.8. The van der Waals surface area contributed by atoms with Crippen LogP contribution in [0.25, 0.3) is 0 Å². The minimum absolute atomic E-state index is 0.0305. The summed E-state index contributed by atoms with van der Waals surface area (Å²) in [6.07, 6.45) is 0. The van der Waals surface area contributed by atoms with Gasteiger partial charge in [0.25, 0.3) is 5.91 Å². The molecule has 11 heteroatoms. The first-order valence-electron chi connectivity index (χ1n) is 9.89. The predicted octanol–water partition coefficient (Wildman–Crippen LogP) is 3.17.